The molecule has 3 atom stereocenters. The van der Waals surface area contributed by atoms with Gasteiger partial charge < -0.3 is 19.5 Å². The number of piperidine rings is 1. The number of rotatable bonds is 6. The summed E-state index contributed by atoms with van der Waals surface area (Å²) in [6, 6.07) is 24.4. The monoisotopic (exact) mass is 547 g/mol. The van der Waals surface area contributed by atoms with Gasteiger partial charge in [-0.2, -0.15) is 0 Å². The Morgan fingerprint density at radius 2 is 1.69 bits per heavy atom. The van der Waals surface area contributed by atoms with Gasteiger partial charge in [0.2, 0.25) is 0 Å². The van der Waals surface area contributed by atoms with Crippen molar-refractivity contribution in [2.75, 3.05) is 19.8 Å². The summed E-state index contributed by atoms with van der Waals surface area (Å²) < 4.78 is 12.9. The minimum Gasteiger partial charge on any atom is -0.480 e. The Kier molecular flexibility index (Phi) is 5.85. The molecule has 0 radical (unpaired) electrons. The molecule has 0 spiro atoms. The zero-order chi connectivity index (χ0) is 24.9. The first-order valence-corrected chi connectivity index (χ1v) is 13.0. The van der Waals surface area contributed by atoms with Gasteiger partial charge in [0.1, 0.15) is 18.8 Å². The van der Waals surface area contributed by atoms with Crippen LogP contribution in [-0.2, 0) is 19.9 Å². The third kappa shape index (κ3) is 3.82. The lowest BCUT2D eigenvalue weighted by Gasteiger charge is -2.41. The van der Waals surface area contributed by atoms with E-state index in [-0.39, 0.29) is 37.2 Å². The van der Waals surface area contributed by atoms with E-state index >= 15 is 0 Å². The van der Waals surface area contributed by atoms with Crippen LogP contribution in [0, 0.1) is 5.92 Å². The molecule has 2 aliphatic carbocycles. The molecule has 0 aromatic heterocycles. The van der Waals surface area contributed by atoms with Crippen LogP contribution in [0.15, 0.2) is 77.3 Å². The molecule has 6 nitrogen and oxygen atoms in total. The van der Waals surface area contributed by atoms with E-state index in [4.69, 9.17) is 9.47 Å². The summed E-state index contributed by atoms with van der Waals surface area (Å²) in [7, 11) is 0. The van der Waals surface area contributed by atoms with Crippen LogP contribution in [0.4, 0.5) is 4.79 Å². The number of aliphatic carboxylic acids is 1. The molecule has 2 fully saturated rings. The molecule has 184 valence electrons. The van der Waals surface area contributed by atoms with Gasteiger partial charge in [0.15, 0.2) is 0 Å². The maximum absolute atomic E-state index is 13.2. The van der Waals surface area contributed by atoms with Crippen LogP contribution in [0.5, 0.6) is 0 Å². The highest BCUT2D eigenvalue weighted by Gasteiger charge is 2.58. The minimum absolute atomic E-state index is 0.00312. The molecule has 1 amide bonds. The molecular weight excluding hydrogens is 522 g/mol. The fraction of sp³-hybridized carbons (Fsp3) is 0.310. The van der Waals surface area contributed by atoms with Crippen LogP contribution in [0.3, 0.4) is 0 Å². The Hall–Kier alpha value is -3.16. The topological polar surface area (TPSA) is 76.1 Å². The standard InChI is InChI=1S/C29H26BrNO5/c30-20-7-5-6-18(12-20)29(36-17-27(32)33)14-21-13-19(29)15-31(21)28(34)35-16-26-24-10-3-1-8-22(24)23-9-2-4-11-25(23)26/h1-12,19,21,26H,13-17H2,(H,32,33). The molecule has 3 unspecified atom stereocenters. The summed E-state index contributed by atoms with van der Waals surface area (Å²) in [5.41, 5.74) is 4.98. The number of ether oxygens (including phenoxy) is 2. The van der Waals surface area contributed by atoms with Crippen molar-refractivity contribution in [2.45, 2.75) is 30.4 Å². The maximum atomic E-state index is 13.2. The van der Waals surface area contributed by atoms with Gasteiger partial charge in [-0.3, -0.25) is 0 Å². The molecule has 36 heavy (non-hydrogen) atoms. The summed E-state index contributed by atoms with van der Waals surface area (Å²) in [5.74, 6) is -0.988. The number of carbonyl (C=O) groups is 2. The van der Waals surface area contributed by atoms with E-state index in [0.29, 0.717) is 13.0 Å². The third-order valence-electron chi connectivity index (χ3n) is 7.95. The molecule has 6 rings (SSSR count). The molecule has 3 aromatic carbocycles. The smallest absolute Gasteiger partial charge is 0.410 e. The van der Waals surface area contributed by atoms with E-state index in [1.165, 1.54) is 22.3 Å². The number of fused-ring (bicyclic) bond motifs is 5. The van der Waals surface area contributed by atoms with Crippen LogP contribution in [0.2, 0.25) is 0 Å². The second-order valence-corrected chi connectivity index (χ2v) is 10.7. The molecule has 1 heterocycles. The quantitative estimate of drug-likeness (QED) is 0.422. The first-order valence-electron chi connectivity index (χ1n) is 12.2. The lowest BCUT2D eigenvalue weighted by Crippen LogP contribution is -2.48. The fourth-order valence-electron chi connectivity index (χ4n) is 6.42. The molecule has 7 heteroatoms. The Morgan fingerprint density at radius 3 is 2.31 bits per heavy atom. The zero-order valence-corrected chi connectivity index (χ0v) is 21.2. The van der Waals surface area contributed by atoms with Crippen LogP contribution < -0.4 is 0 Å². The molecular formula is C29H26BrNO5. The predicted molar refractivity (Wildman–Crippen MR) is 138 cm³/mol. The average molecular weight is 548 g/mol. The van der Waals surface area contributed by atoms with Crippen molar-refractivity contribution in [3.8, 4) is 11.1 Å². The van der Waals surface area contributed by atoms with E-state index in [1.54, 1.807) is 4.90 Å². The van der Waals surface area contributed by atoms with Gasteiger partial charge in [0.25, 0.3) is 0 Å². The average Bonchev–Trinajstić information content (AvgIpc) is 3.56. The number of hydrogen-bond acceptors (Lipinski definition) is 4. The van der Waals surface area contributed by atoms with Crippen molar-refractivity contribution >= 4 is 28.0 Å². The Morgan fingerprint density at radius 1 is 1.00 bits per heavy atom. The highest BCUT2D eigenvalue weighted by atomic mass is 79.9. The number of amides is 1. The normalized spacial score (nSPS) is 24.0. The predicted octanol–water partition coefficient (Wildman–Crippen LogP) is 5.79. The van der Waals surface area contributed by atoms with Gasteiger partial charge in [-0.05, 0) is 46.4 Å². The van der Waals surface area contributed by atoms with Crippen molar-refractivity contribution in [1.82, 2.24) is 4.90 Å². The van der Waals surface area contributed by atoms with Gasteiger partial charge in [0, 0.05) is 35.3 Å². The summed E-state index contributed by atoms with van der Waals surface area (Å²) in [6.07, 6.45) is 0.993. The summed E-state index contributed by atoms with van der Waals surface area (Å²) in [6.45, 7) is 0.390. The minimum atomic E-state index is -1.000. The highest BCUT2D eigenvalue weighted by Crippen LogP contribution is 2.53. The summed E-state index contributed by atoms with van der Waals surface area (Å²) >= 11 is 3.52. The molecule has 3 aromatic rings. The maximum Gasteiger partial charge on any atom is 0.410 e. The van der Waals surface area contributed by atoms with Gasteiger partial charge in [-0.15, -0.1) is 0 Å². The van der Waals surface area contributed by atoms with Crippen molar-refractivity contribution in [1.29, 1.82) is 0 Å². The lowest BCUT2D eigenvalue weighted by atomic mass is 9.82. The van der Waals surface area contributed by atoms with Crippen LogP contribution in [0.25, 0.3) is 11.1 Å². The van der Waals surface area contributed by atoms with E-state index in [9.17, 15) is 14.7 Å². The molecule has 2 bridgehead atoms. The second kappa shape index (κ2) is 9.05. The van der Waals surface area contributed by atoms with Gasteiger partial charge in [-0.1, -0.05) is 76.6 Å². The van der Waals surface area contributed by atoms with Crippen LogP contribution >= 0.6 is 15.9 Å². The van der Waals surface area contributed by atoms with Crippen molar-refractivity contribution in [2.24, 2.45) is 5.92 Å². The van der Waals surface area contributed by atoms with E-state index in [0.717, 1.165) is 16.5 Å². The number of nitrogens with zero attached hydrogens (tertiary/aromatic N) is 1. The van der Waals surface area contributed by atoms with E-state index in [1.807, 2.05) is 48.5 Å². The van der Waals surface area contributed by atoms with Crippen LogP contribution in [-0.4, -0.2) is 47.9 Å². The Labute approximate surface area is 218 Å². The molecule has 1 N–H and O–H groups in total. The first kappa shape index (κ1) is 23.3. The molecule has 1 aliphatic heterocycles. The Balaban J connectivity index is 1.18. The lowest BCUT2D eigenvalue weighted by molar-refractivity contribution is -0.156. The first-order chi connectivity index (χ1) is 17.5. The van der Waals surface area contributed by atoms with Gasteiger partial charge >= 0.3 is 12.1 Å². The van der Waals surface area contributed by atoms with Crippen molar-refractivity contribution < 1.29 is 24.2 Å². The zero-order valence-electron chi connectivity index (χ0n) is 19.6. The van der Waals surface area contributed by atoms with E-state index in [2.05, 4.69) is 40.2 Å². The number of hydrogen-bond donors (Lipinski definition) is 1. The SMILES string of the molecule is O=C(O)COC1(c2cccc(Br)c2)CC2CC1CN2C(=O)OCC1c2ccccc2-c2ccccc21. The highest BCUT2D eigenvalue weighted by molar-refractivity contribution is 9.10. The molecule has 3 aliphatic rings. The van der Waals surface area contributed by atoms with Crippen LogP contribution in [0.1, 0.15) is 35.4 Å². The number of halogens is 1. The molecule has 1 saturated carbocycles. The number of carboxylic acid groups (broad SMARTS) is 1. The summed E-state index contributed by atoms with van der Waals surface area (Å²) in [5, 5.41) is 9.29. The molecule has 1 saturated heterocycles. The van der Waals surface area contributed by atoms with Crippen molar-refractivity contribution in [3.05, 3.63) is 94.0 Å². The Bertz CT molecular complexity index is 1300. The number of likely N-dealkylation sites (tertiary alicyclic amines) is 1. The van der Waals surface area contributed by atoms with Gasteiger partial charge in [-0.25, -0.2) is 9.59 Å². The second-order valence-electron chi connectivity index (χ2n) is 9.83. The largest absolute Gasteiger partial charge is 0.480 e. The number of carbonyl (C=O) groups excluding carboxylic acids is 1. The summed E-state index contributed by atoms with van der Waals surface area (Å²) in [4.78, 5) is 26.4. The van der Waals surface area contributed by atoms with Gasteiger partial charge in [0.05, 0.1) is 0 Å². The number of benzene rings is 3. The number of carboxylic acids is 1. The van der Waals surface area contributed by atoms with Crippen molar-refractivity contribution in [3.63, 3.8) is 0 Å². The third-order valence-corrected chi connectivity index (χ3v) is 8.44. The van der Waals surface area contributed by atoms with E-state index < -0.39 is 11.6 Å². The fourth-order valence-corrected chi connectivity index (χ4v) is 6.82.